The van der Waals surface area contributed by atoms with Crippen molar-refractivity contribution in [2.45, 2.75) is 26.3 Å². The van der Waals surface area contributed by atoms with Crippen LogP contribution in [0.2, 0.25) is 0 Å². The molecule has 4 rings (SSSR count). The van der Waals surface area contributed by atoms with Gasteiger partial charge in [-0.3, -0.25) is 9.78 Å². The van der Waals surface area contributed by atoms with Gasteiger partial charge in [0.25, 0.3) is 5.91 Å². The number of hydrogen-bond donors (Lipinski definition) is 1. The molecule has 0 radical (unpaired) electrons. The molecule has 0 bridgehead atoms. The van der Waals surface area contributed by atoms with Crippen LogP contribution in [0.3, 0.4) is 0 Å². The maximum Gasteiger partial charge on any atom is 0.255 e. The molecule has 1 heterocycles. The molecule has 0 saturated carbocycles. The molecule has 0 aliphatic heterocycles. The maximum atomic E-state index is 14.4. The number of likely N-dealkylation sites (N-methyl/N-ethyl adjacent to an activating group) is 1. The molecule has 0 spiro atoms. The Morgan fingerprint density at radius 3 is 2.44 bits per heavy atom. The Kier molecular flexibility index (Phi) is 7.31. The van der Waals surface area contributed by atoms with Crippen LogP contribution in [0.15, 0.2) is 60.8 Å². The summed E-state index contributed by atoms with van der Waals surface area (Å²) in [5.74, 6) is -0.699. The Balaban J connectivity index is 1.97. The highest BCUT2D eigenvalue weighted by atomic mass is 19.1. The molecule has 1 aromatic heterocycles. The Hall–Kier alpha value is -3.84. The third kappa shape index (κ3) is 5.21. The van der Waals surface area contributed by atoms with E-state index in [1.807, 2.05) is 25.1 Å². The van der Waals surface area contributed by atoms with E-state index in [9.17, 15) is 13.6 Å². The number of benzene rings is 3. The Morgan fingerprint density at radius 2 is 1.75 bits per heavy atom. The second kappa shape index (κ2) is 10.4. The lowest BCUT2D eigenvalue weighted by Gasteiger charge is -2.23. The topological polar surface area (TPSA) is 68.5 Å². The Bertz CT molecular complexity index is 1420. The quantitative estimate of drug-likeness (QED) is 0.347. The minimum absolute atomic E-state index is 0.178. The summed E-state index contributed by atoms with van der Waals surface area (Å²) in [5, 5.41) is 0.581. The average Bonchev–Trinajstić information content (AvgIpc) is 2.86. The number of pyridine rings is 1. The van der Waals surface area contributed by atoms with Crippen LogP contribution in [-0.4, -0.2) is 42.5 Å². The monoisotopic (exact) mass is 489 g/mol. The lowest BCUT2D eigenvalue weighted by atomic mass is 9.93. The van der Waals surface area contributed by atoms with Crippen molar-refractivity contribution in [3.05, 3.63) is 83.6 Å². The average molecular weight is 490 g/mol. The molecule has 5 nitrogen and oxygen atoms in total. The van der Waals surface area contributed by atoms with Crippen LogP contribution >= 0.6 is 0 Å². The summed E-state index contributed by atoms with van der Waals surface area (Å²) in [6.07, 6.45) is 2.32. The number of methoxy groups -OCH3 is 1. The van der Waals surface area contributed by atoms with Crippen LogP contribution in [0, 0.1) is 18.6 Å². The number of carbonyl (C=O) groups is 1. The van der Waals surface area contributed by atoms with Crippen LogP contribution in [0.25, 0.3) is 33.2 Å². The lowest BCUT2D eigenvalue weighted by Crippen LogP contribution is -2.38. The molecule has 0 aliphatic carbocycles. The van der Waals surface area contributed by atoms with Crippen molar-refractivity contribution in [1.29, 1.82) is 0 Å². The van der Waals surface area contributed by atoms with Crippen molar-refractivity contribution in [3.8, 4) is 28.0 Å². The summed E-state index contributed by atoms with van der Waals surface area (Å²) in [4.78, 5) is 20.0. The molecule has 0 aliphatic rings. The molecule has 0 fully saturated rings. The second-order valence-electron chi connectivity index (χ2n) is 9.03. The van der Waals surface area contributed by atoms with Crippen molar-refractivity contribution < 1.29 is 18.3 Å². The minimum atomic E-state index is -0.434. The number of halogens is 2. The van der Waals surface area contributed by atoms with E-state index in [4.69, 9.17) is 10.5 Å². The van der Waals surface area contributed by atoms with Gasteiger partial charge in [-0.15, -0.1) is 0 Å². The van der Waals surface area contributed by atoms with E-state index in [2.05, 4.69) is 4.98 Å². The van der Waals surface area contributed by atoms with E-state index >= 15 is 0 Å². The molecule has 186 valence electrons. The number of aryl methyl sites for hydroxylation is 1. The zero-order valence-corrected chi connectivity index (χ0v) is 20.8. The Labute approximate surface area is 209 Å². The minimum Gasteiger partial charge on any atom is -0.497 e. The van der Waals surface area contributed by atoms with E-state index in [1.165, 1.54) is 31.4 Å². The predicted octanol–water partition coefficient (Wildman–Crippen LogP) is 5.97. The summed E-state index contributed by atoms with van der Waals surface area (Å²) in [6.45, 7) is 4.12. The van der Waals surface area contributed by atoms with Crippen LogP contribution < -0.4 is 10.5 Å². The normalized spacial score (nSPS) is 12.0. The van der Waals surface area contributed by atoms with Crippen LogP contribution in [0.1, 0.15) is 29.3 Å². The number of aromatic nitrogens is 1. The Morgan fingerprint density at radius 1 is 1.03 bits per heavy atom. The molecule has 1 amide bonds. The number of nitrogens with zero attached hydrogens (tertiary/aromatic N) is 2. The number of carbonyl (C=O) groups excluding carboxylic acids is 1. The number of fused-ring (bicyclic) bond motifs is 1. The van der Waals surface area contributed by atoms with Gasteiger partial charge in [0.05, 0.1) is 18.2 Å². The molecular formula is C29H29F2N3O2. The van der Waals surface area contributed by atoms with Gasteiger partial charge in [-0.1, -0.05) is 19.1 Å². The zero-order chi connectivity index (χ0) is 26.0. The SMILES string of the molecule is CC[C@H](N)CN(C)C(=O)c1c(-c2cc(C)cc(F)c2)cnc2ccc(-c3cc(F)cc(OC)c3)cc12. The van der Waals surface area contributed by atoms with Crippen LogP contribution in [-0.2, 0) is 0 Å². The highest BCUT2D eigenvalue weighted by molar-refractivity contribution is 6.12. The first kappa shape index (κ1) is 25.3. The largest absolute Gasteiger partial charge is 0.497 e. The molecule has 7 heteroatoms. The van der Waals surface area contributed by atoms with E-state index in [-0.39, 0.29) is 11.9 Å². The molecule has 0 saturated heterocycles. The summed E-state index contributed by atoms with van der Waals surface area (Å²) in [6, 6.07) is 14.3. The highest BCUT2D eigenvalue weighted by Gasteiger charge is 2.23. The van der Waals surface area contributed by atoms with Gasteiger partial charge in [0, 0.05) is 42.8 Å². The van der Waals surface area contributed by atoms with Crippen molar-refractivity contribution >= 4 is 16.8 Å². The maximum absolute atomic E-state index is 14.4. The molecular weight excluding hydrogens is 460 g/mol. The number of nitrogens with two attached hydrogens (primary N) is 1. The van der Waals surface area contributed by atoms with Gasteiger partial charge in [0.15, 0.2) is 0 Å². The van der Waals surface area contributed by atoms with Crippen molar-refractivity contribution in [2.24, 2.45) is 5.73 Å². The number of amides is 1. The van der Waals surface area contributed by atoms with E-state index in [0.29, 0.717) is 51.0 Å². The molecule has 4 aromatic rings. The first-order chi connectivity index (χ1) is 17.2. The molecule has 2 N–H and O–H groups in total. The smallest absolute Gasteiger partial charge is 0.255 e. The number of ether oxygens (including phenoxy) is 1. The summed E-state index contributed by atoms with van der Waals surface area (Å²) < 4.78 is 33.8. The van der Waals surface area contributed by atoms with Gasteiger partial charge in [-0.05, 0) is 72.0 Å². The van der Waals surface area contributed by atoms with E-state index in [1.54, 1.807) is 37.2 Å². The summed E-state index contributed by atoms with van der Waals surface area (Å²) >= 11 is 0. The first-order valence-corrected chi connectivity index (χ1v) is 11.8. The summed E-state index contributed by atoms with van der Waals surface area (Å²) in [7, 11) is 3.18. The highest BCUT2D eigenvalue weighted by Crippen LogP contribution is 2.34. The molecule has 3 aromatic carbocycles. The van der Waals surface area contributed by atoms with Crippen molar-refractivity contribution in [2.75, 3.05) is 20.7 Å². The number of hydrogen-bond acceptors (Lipinski definition) is 4. The van der Waals surface area contributed by atoms with Crippen LogP contribution in [0.5, 0.6) is 5.75 Å². The fourth-order valence-electron chi connectivity index (χ4n) is 4.32. The molecule has 1 atom stereocenters. The fraction of sp³-hybridized carbons (Fsp3) is 0.241. The van der Waals surface area contributed by atoms with Gasteiger partial charge in [0.2, 0.25) is 0 Å². The van der Waals surface area contributed by atoms with Gasteiger partial charge in [0.1, 0.15) is 17.4 Å². The van der Waals surface area contributed by atoms with E-state index in [0.717, 1.165) is 12.0 Å². The number of rotatable bonds is 7. The van der Waals surface area contributed by atoms with Gasteiger partial charge < -0.3 is 15.4 Å². The third-order valence-electron chi connectivity index (χ3n) is 6.25. The van der Waals surface area contributed by atoms with Gasteiger partial charge >= 0.3 is 0 Å². The standard InChI is InChI=1S/C29H29F2N3O2/c1-5-23(32)16-34(3)29(35)28-25-13-18(19-10-22(31)14-24(12-19)36-4)6-7-27(25)33-15-26(28)20-8-17(2)9-21(30)11-20/h6-15,23H,5,16,32H2,1-4H3/t23-/m0/s1. The predicted molar refractivity (Wildman–Crippen MR) is 139 cm³/mol. The summed E-state index contributed by atoms with van der Waals surface area (Å²) in [5.41, 5.74) is 10.2. The molecule has 0 unspecified atom stereocenters. The lowest BCUT2D eigenvalue weighted by molar-refractivity contribution is 0.0788. The van der Waals surface area contributed by atoms with Gasteiger partial charge in [-0.25, -0.2) is 8.78 Å². The van der Waals surface area contributed by atoms with Crippen molar-refractivity contribution in [1.82, 2.24) is 9.88 Å². The zero-order valence-electron chi connectivity index (χ0n) is 20.8. The van der Waals surface area contributed by atoms with E-state index < -0.39 is 11.6 Å². The van der Waals surface area contributed by atoms with Crippen molar-refractivity contribution in [3.63, 3.8) is 0 Å². The van der Waals surface area contributed by atoms with Crippen LogP contribution in [0.4, 0.5) is 8.78 Å². The third-order valence-corrected chi connectivity index (χ3v) is 6.25. The van der Waals surface area contributed by atoms with Gasteiger partial charge in [-0.2, -0.15) is 0 Å². The second-order valence-corrected chi connectivity index (χ2v) is 9.03. The molecule has 36 heavy (non-hydrogen) atoms. The first-order valence-electron chi connectivity index (χ1n) is 11.8. The fourth-order valence-corrected chi connectivity index (χ4v) is 4.32.